The van der Waals surface area contributed by atoms with Crippen LogP contribution in [0.1, 0.15) is 58.3 Å². The number of hydrogen-bond acceptors (Lipinski definition) is 4. The van der Waals surface area contributed by atoms with Gasteiger partial charge in [0, 0.05) is 26.2 Å². The van der Waals surface area contributed by atoms with Crippen LogP contribution in [0, 0.1) is 11.8 Å². The van der Waals surface area contributed by atoms with Gasteiger partial charge < -0.3 is 15.5 Å². The predicted octanol–water partition coefficient (Wildman–Crippen LogP) is 1.60. The molecule has 154 valence electrons. The molecule has 2 atom stereocenters. The van der Waals surface area contributed by atoms with Crippen LogP contribution in [-0.2, 0) is 9.59 Å². The van der Waals surface area contributed by atoms with E-state index in [9.17, 15) is 9.59 Å². The number of likely N-dealkylation sites (N-methyl/N-ethyl adjacent to an activating group) is 1. The molecule has 0 spiro atoms. The van der Waals surface area contributed by atoms with Crippen molar-refractivity contribution in [1.29, 1.82) is 0 Å². The molecule has 3 rings (SSSR count). The number of hydrogen-bond donors (Lipinski definition) is 2. The molecular formula is C21H38N4O2. The predicted molar refractivity (Wildman–Crippen MR) is 107 cm³/mol. The fourth-order valence-corrected chi connectivity index (χ4v) is 4.87. The van der Waals surface area contributed by atoms with Crippen molar-refractivity contribution in [1.82, 2.24) is 20.4 Å². The maximum Gasteiger partial charge on any atom is 0.237 e. The van der Waals surface area contributed by atoms with E-state index in [1.165, 1.54) is 12.8 Å². The summed E-state index contributed by atoms with van der Waals surface area (Å²) >= 11 is 0. The van der Waals surface area contributed by atoms with Crippen molar-refractivity contribution in [3.8, 4) is 0 Å². The minimum Gasteiger partial charge on any atom is -0.354 e. The lowest BCUT2D eigenvalue weighted by Crippen LogP contribution is -2.49. The molecule has 1 aliphatic carbocycles. The van der Waals surface area contributed by atoms with Crippen molar-refractivity contribution in [2.24, 2.45) is 11.8 Å². The van der Waals surface area contributed by atoms with Crippen molar-refractivity contribution >= 4 is 11.8 Å². The Bertz CT molecular complexity index is 498. The standard InChI is InChI=1S/C21H38N4O2/c1-16-7-9-18(10-8-16)24(2)20(26)15-25-12-4-5-17(14-25)13-23-21(27)19-6-3-11-22-19/h16-19,22H,3-15H2,1-2H3,(H,23,27). The fraction of sp³-hybridized carbons (Fsp3) is 0.905. The molecular weight excluding hydrogens is 340 g/mol. The van der Waals surface area contributed by atoms with Crippen molar-refractivity contribution in [2.45, 2.75) is 70.4 Å². The lowest BCUT2D eigenvalue weighted by Gasteiger charge is -2.37. The third kappa shape index (κ3) is 5.92. The van der Waals surface area contributed by atoms with Gasteiger partial charge in [-0.2, -0.15) is 0 Å². The summed E-state index contributed by atoms with van der Waals surface area (Å²) in [6.07, 6.45) is 9.06. The summed E-state index contributed by atoms with van der Waals surface area (Å²) in [6.45, 7) is 6.43. The number of rotatable bonds is 6. The summed E-state index contributed by atoms with van der Waals surface area (Å²) in [5, 5.41) is 6.38. The summed E-state index contributed by atoms with van der Waals surface area (Å²) in [6, 6.07) is 0.422. The molecule has 27 heavy (non-hydrogen) atoms. The van der Waals surface area contributed by atoms with E-state index in [0.717, 1.165) is 70.6 Å². The minimum absolute atomic E-state index is 0.00173. The van der Waals surface area contributed by atoms with Crippen molar-refractivity contribution < 1.29 is 9.59 Å². The van der Waals surface area contributed by atoms with E-state index in [-0.39, 0.29) is 17.9 Å². The zero-order chi connectivity index (χ0) is 19.2. The molecule has 1 saturated carbocycles. The van der Waals surface area contributed by atoms with E-state index in [1.807, 2.05) is 11.9 Å². The molecule has 2 heterocycles. The zero-order valence-corrected chi connectivity index (χ0v) is 17.2. The van der Waals surface area contributed by atoms with Crippen molar-refractivity contribution in [3.63, 3.8) is 0 Å². The monoisotopic (exact) mass is 378 g/mol. The van der Waals surface area contributed by atoms with Gasteiger partial charge in [0.25, 0.3) is 0 Å². The molecule has 0 radical (unpaired) electrons. The molecule has 0 aromatic rings. The second kappa shape index (κ2) is 9.87. The quantitative estimate of drug-likeness (QED) is 0.737. The number of piperidine rings is 1. The van der Waals surface area contributed by atoms with Crippen LogP contribution in [0.4, 0.5) is 0 Å². The number of likely N-dealkylation sites (tertiary alicyclic amines) is 1. The molecule has 0 aromatic heterocycles. The molecule has 0 bridgehead atoms. The number of carbonyl (C=O) groups is 2. The third-order valence-corrected chi connectivity index (χ3v) is 6.83. The molecule has 2 N–H and O–H groups in total. The highest BCUT2D eigenvalue weighted by atomic mass is 16.2. The second-order valence-corrected chi connectivity index (χ2v) is 9.06. The Hall–Kier alpha value is -1.14. The van der Waals surface area contributed by atoms with Crippen molar-refractivity contribution in [3.05, 3.63) is 0 Å². The first-order valence-corrected chi connectivity index (χ1v) is 11.0. The van der Waals surface area contributed by atoms with E-state index in [4.69, 9.17) is 0 Å². The second-order valence-electron chi connectivity index (χ2n) is 9.06. The largest absolute Gasteiger partial charge is 0.354 e. The Kier molecular flexibility index (Phi) is 7.53. The highest BCUT2D eigenvalue weighted by Crippen LogP contribution is 2.26. The lowest BCUT2D eigenvalue weighted by molar-refractivity contribution is -0.134. The topological polar surface area (TPSA) is 64.7 Å². The highest BCUT2D eigenvalue weighted by molar-refractivity contribution is 5.82. The van der Waals surface area contributed by atoms with Crippen LogP contribution in [0.15, 0.2) is 0 Å². The van der Waals surface area contributed by atoms with Gasteiger partial charge in [-0.05, 0) is 76.3 Å². The van der Waals surface area contributed by atoms with Crippen LogP contribution in [0.2, 0.25) is 0 Å². The summed E-state index contributed by atoms with van der Waals surface area (Å²) in [5.41, 5.74) is 0. The highest BCUT2D eigenvalue weighted by Gasteiger charge is 2.28. The fourth-order valence-electron chi connectivity index (χ4n) is 4.87. The normalized spacial score (nSPS) is 32.2. The maximum absolute atomic E-state index is 12.7. The Morgan fingerprint density at radius 2 is 1.89 bits per heavy atom. The Labute approximate surface area is 164 Å². The summed E-state index contributed by atoms with van der Waals surface area (Å²) in [7, 11) is 1.99. The Morgan fingerprint density at radius 3 is 2.59 bits per heavy atom. The van der Waals surface area contributed by atoms with Crippen LogP contribution < -0.4 is 10.6 Å². The molecule has 3 fully saturated rings. The first-order chi connectivity index (χ1) is 13.0. The minimum atomic E-state index is -0.00173. The number of carbonyl (C=O) groups excluding carboxylic acids is 2. The van der Waals surface area contributed by atoms with Gasteiger partial charge in [-0.3, -0.25) is 14.5 Å². The number of amides is 2. The first kappa shape index (κ1) is 20.6. The molecule has 3 aliphatic rings. The van der Waals surface area contributed by atoms with Crippen LogP contribution in [0.5, 0.6) is 0 Å². The van der Waals surface area contributed by atoms with Crippen LogP contribution in [-0.4, -0.2) is 73.5 Å². The van der Waals surface area contributed by atoms with E-state index in [0.29, 0.717) is 18.5 Å². The molecule has 2 aliphatic heterocycles. The first-order valence-electron chi connectivity index (χ1n) is 11.0. The zero-order valence-electron chi connectivity index (χ0n) is 17.2. The van der Waals surface area contributed by atoms with E-state index in [2.05, 4.69) is 22.5 Å². The molecule has 0 aromatic carbocycles. The molecule has 2 amide bonds. The molecule has 2 saturated heterocycles. The van der Waals surface area contributed by atoms with Gasteiger partial charge in [0.05, 0.1) is 12.6 Å². The average Bonchev–Trinajstić information content (AvgIpc) is 3.21. The van der Waals surface area contributed by atoms with Crippen LogP contribution >= 0.6 is 0 Å². The van der Waals surface area contributed by atoms with E-state index < -0.39 is 0 Å². The van der Waals surface area contributed by atoms with Gasteiger partial charge in [0.2, 0.25) is 11.8 Å². The van der Waals surface area contributed by atoms with Gasteiger partial charge >= 0.3 is 0 Å². The van der Waals surface area contributed by atoms with E-state index in [1.54, 1.807) is 0 Å². The van der Waals surface area contributed by atoms with Gasteiger partial charge in [0.15, 0.2) is 0 Å². The van der Waals surface area contributed by atoms with Crippen molar-refractivity contribution in [2.75, 3.05) is 39.8 Å². The average molecular weight is 379 g/mol. The number of nitrogens with zero attached hydrogens (tertiary/aromatic N) is 2. The van der Waals surface area contributed by atoms with Gasteiger partial charge in [-0.1, -0.05) is 6.92 Å². The lowest BCUT2D eigenvalue weighted by atomic mass is 9.87. The summed E-state index contributed by atoms with van der Waals surface area (Å²) in [4.78, 5) is 29.2. The van der Waals surface area contributed by atoms with Gasteiger partial charge in [0.1, 0.15) is 0 Å². The molecule has 2 unspecified atom stereocenters. The molecule has 6 heteroatoms. The van der Waals surface area contributed by atoms with Crippen LogP contribution in [0.25, 0.3) is 0 Å². The smallest absolute Gasteiger partial charge is 0.237 e. The Morgan fingerprint density at radius 1 is 1.11 bits per heavy atom. The summed E-state index contributed by atoms with van der Waals surface area (Å²) < 4.78 is 0. The number of nitrogens with one attached hydrogen (secondary N) is 2. The van der Waals surface area contributed by atoms with Gasteiger partial charge in [-0.15, -0.1) is 0 Å². The third-order valence-electron chi connectivity index (χ3n) is 6.83. The molecule has 6 nitrogen and oxygen atoms in total. The summed E-state index contributed by atoms with van der Waals surface area (Å²) in [5.74, 6) is 1.67. The SMILES string of the molecule is CC1CCC(N(C)C(=O)CN2CCCC(CNC(=O)C3CCCN3)C2)CC1. The maximum atomic E-state index is 12.7. The Balaban J connectivity index is 1.39. The van der Waals surface area contributed by atoms with Crippen LogP contribution in [0.3, 0.4) is 0 Å². The van der Waals surface area contributed by atoms with Gasteiger partial charge in [-0.25, -0.2) is 0 Å². The van der Waals surface area contributed by atoms with E-state index >= 15 is 0 Å².